The minimum Gasteiger partial charge on any atom is -0.462 e. The molecule has 0 unspecified atom stereocenters. The van der Waals surface area contributed by atoms with Crippen LogP contribution in [0, 0.1) is 16.7 Å². The van der Waals surface area contributed by atoms with Gasteiger partial charge in [-0.2, -0.15) is 0 Å². The Kier molecular flexibility index (Phi) is 6.31. The first-order chi connectivity index (χ1) is 17.5. The Morgan fingerprint density at radius 1 is 1.08 bits per heavy atom. The van der Waals surface area contributed by atoms with E-state index in [0.717, 1.165) is 38.5 Å². The summed E-state index contributed by atoms with van der Waals surface area (Å²) in [5, 5.41) is 5.13. The molecule has 2 N–H and O–H groups in total. The fraction of sp³-hybridized carbons (Fsp3) is 0.448. The quantitative estimate of drug-likeness (QED) is 0.339. The minimum absolute atomic E-state index is 0.0463. The molecular formula is C29H33NO6S. The van der Waals surface area contributed by atoms with Gasteiger partial charge in [-0.05, 0) is 103 Å². The van der Waals surface area contributed by atoms with E-state index < -0.39 is 16.0 Å². The lowest BCUT2D eigenvalue weighted by Crippen LogP contribution is -2.51. The summed E-state index contributed by atoms with van der Waals surface area (Å²) in [6.45, 7) is 8.08. The van der Waals surface area contributed by atoms with Crippen LogP contribution in [0.5, 0.6) is 5.75 Å². The van der Waals surface area contributed by atoms with Crippen LogP contribution in [-0.4, -0.2) is 26.5 Å². The Balaban J connectivity index is 1.37. The highest BCUT2D eigenvalue weighted by molar-refractivity contribution is 7.89. The number of allylic oxidation sites excluding steroid dienone is 1. The molecule has 0 heterocycles. The van der Waals surface area contributed by atoms with Gasteiger partial charge in [0.25, 0.3) is 0 Å². The number of aryl methyl sites for hydroxylation is 1. The highest BCUT2D eigenvalue weighted by Gasteiger charge is 2.61. The third-order valence-corrected chi connectivity index (χ3v) is 10.1. The normalized spacial score (nSPS) is 30.4. The smallest absolute Gasteiger partial charge is 0.343 e. The van der Waals surface area contributed by atoms with Crippen molar-refractivity contribution >= 4 is 22.0 Å². The molecule has 5 rings (SSSR count). The number of primary sulfonamides is 1. The zero-order valence-electron chi connectivity index (χ0n) is 21.2. The van der Waals surface area contributed by atoms with E-state index in [1.54, 1.807) is 0 Å². The number of esters is 2. The highest BCUT2D eigenvalue weighted by Crippen LogP contribution is 2.68. The third-order valence-electron chi connectivity index (χ3n) is 9.15. The lowest BCUT2D eigenvalue weighted by Gasteiger charge is -2.57. The van der Waals surface area contributed by atoms with Gasteiger partial charge >= 0.3 is 11.9 Å². The SMILES string of the molecule is C=C[C@@]12CCc3cc(OC(=O)c4ccc(S(N)(=O)=O)cc4)ccc3[C@H]1CC[C@]1(C)[C@@H](OC(C)=O)CC[C@H]12. The van der Waals surface area contributed by atoms with Crippen LogP contribution in [0.3, 0.4) is 0 Å². The number of carbonyl (C=O) groups excluding carboxylic acids is 2. The molecule has 7 nitrogen and oxygen atoms in total. The van der Waals surface area contributed by atoms with E-state index in [4.69, 9.17) is 14.6 Å². The second kappa shape index (κ2) is 9.10. The Morgan fingerprint density at radius 3 is 2.46 bits per heavy atom. The lowest BCUT2D eigenvalue weighted by molar-refractivity contribution is -0.156. The Morgan fingerprint density at radius 2 is 1.81 bits per heavy atom. The molecule has 196 valence electrons. The first-order valence-corrected chi connectivity index (χ1v) is 14.3. The summed E-state index contributed by atoms with van der Waals surface area (Å²) >= 11 is 0. The van der Waals surface area contributed by atoms with Gasteiger partial charge in [0.1, 0.15) is 11.9 Å². The monoisotopic (exact) mass is 523 g/mol. The number of benzene rings is 2. The summed E-state index contributed by atoms with van der Waals surface area (Å²) in [4.78, 5) is 24.4. The first-order valence-electron chi connectivity index (χ1n) is 12.8. The van der Waals surface area contributed by atoms with E-state index in [2.05, 4.69) is 25.6 Å². The van der Waals surface area contributed by atoms with Crippen molar-refractivity contribution in [1.29, 1.82) is 0 Å². The van der Waals surface area contributed by atoms with E-state index in [0.29, 0.717) is 17.6 Å². The fourth-order valence-electron chi connectivity index (χ4n) is 7.46. The van der Waals surface area contributed by atoms with Crippen LogP contribution in [0.2, 0.25) is 0 Å². The molecule has 0 bridgehead atoms. The average Bonchev–Trinajstić information content (AvgIpc) is 3.19. The second-order valence-corrected chi connectivity index (χ2v) is 12.5. The number of hydrogen-bond acceptors (Lipinski definition) is 6. The van der Waals surface area contributed by atoms with E-state index in [1.807, 2.05) is 12.1 Å². The molecule has 0 spiro atoms. The number of sulfonamides is 1. The summed E-state index contributed by atoms with van der Waals surface area (Å²) in [5.74, 6) is 0.401. The molecule has 2 aromatic carbocycles. The largest absolute Gasteiger partial charge is 0.462 e. The maximum atomic E-state index is 12.7. The van der Waals surface area contributed by atoms with Gasteiger partial charge in [-0.3, -0.25) is 4.79 Å². The third kappa shape index (κ3) is 4.30. The summed E-state index contributed by atoms with van der Waals surface area (Å²) in [6.07, 6.45) is 7.80. The molecular weight excluding hydrogens is 490 g/mol. The van der Waals surface area contributed by atoms with Crippen molar-refractivity contribution in [3.8, 4) is 5.75 Å². The molecule has 2 aromatic rings. The van der Waals surface area contributed by atoms with E-state index in [9.17, 15) is 18.0 Å². The molecule has 8 heteroatoms. The minimum atomic E-state index is -3.83. The molecule has 0 amide bonds. The molecule has 0 aliphatic heterocycles. The maximum absolute atomic E-state index is 12.7. The number of fused-ring (bicyclic) bond motifs is 5. The van der Waals surface area contributed by atoms with Crippen LogP contribution < -0.4 is 9.88 Å². The molecule has 2 saturated carbocycles. The average molecular weight is 524 g/mol. The number of ether oxygens (including phenoxy) is 2. The van der Waals surface area contributed by atoms with Crippen molar-refractivity contribution in [3.63, 3.8) is 0 Å². The van der Waals surface area contributed by atoms with Crippen molar-refractivity contribution in [2.24, 2.45) is 21.9 Å². The molecule has 37 heavy (non-hydrogen) atoms. The number of carbonyl (C=O) groups is 2. The topological polar surface area (TPSA) is 113 Å². The second-order valence-electron chi connectivity index (χ2n) is 11.0. The predicted molar refractivity (Wildman–Crippen MR) is 139 cm³/mol. The molecule has 0 saturated heterocycles. The van der Waals surface area contributed by atoms with Gasteiger partial charge in [-0.15, -0.1) is 6.58 Å². The lowest BCUT2D eigenvalue weighted by atomic mass is 9.47. The van der Waals surface area contributed by atoms with Gasteiger partial charge in [0.05, 0.1) is 10.5 Å². The van der Waals surface area contributed by atoms with Crippen LogP contribution in [-0.2, 0) is 26.0 Å². The highest BCUT2D eigenvalue weighted by atomic mass is 32.2. The fourth-order valence-corrected chi connectivity index (χ4v) is 7.98. The Bertz CT molecular complexity index is 1370. The first kappa shape index (κ1) is 25.7. The van der Waals surface area contributed by atoms with Gasteiger partial charge in [0.2, 0.25) is 10.0 Å². The number of hydrogen-bond donors (Lipinski definition) is 1. The zero-order valence-corrected chi connectivity index (χ0v) is 22.1. The van der Waals surface area contributed by atoms with E-state index in [1.165, 1.54) is 42.3 Å². The maximum Gasteiger partial charge on any atom is 0.343 e. The van der Waals surface area contributed by atoms with Gasteiger partial charge in [0.15, 0.2) is 0 Å². The van der Waals surface area contributed by atoms with Crippen molar-refractivity contribution in [1.82, 2.24) is 0 Å². The van der Waals surface area contributed by atoms with E-state index in [-0.39, 0.29) is 33.4 Å². The Labute approximate surface area is 218 Å². The van der Waals surface area contributed by atoms with Crippen molar-refractivity contribution in [3.05, 3.63) is 71.8 Å². The van der Waals surface area contributed by atoms with Crippen LogP contribution in [0.25, 0.3) is 0 Å². The predicted octanol–water partition coefficient (Wildman–Crippen LogP) is 4.90. The number of nitrogens with two attached hydrogens (primary N) is 1. The summed E-state index contributed by atoms with van der Waals surface area (Å²) in [7, 11) is -3.83. The van der Waals surface area contributed by atoms with Gasteiger partial charge < -0.3 is 9.47 Å². The molecule has 3 aliphatic carbocycles. The van der Waals surface area contributed by atoms with Crippen molar-refractivity contribution in [2.45, 2.75) is 69.3 Å². The summed E-state index contributed by atoms with van der Waals surface area (Å²) in [6, 6.07) is 11.2. The summed E-state index contributed by atoms with van der Waals surface area (Å²) < 4.78 is 34.3. The van der Waals surface area contributed by atoms with Gasteiger partial charge in [0, 0.05) is 12.3 Å². The van der Waals surface area contributed by atoms with Crippen molar-refractivity contribution in [2.75, 3.05) is 0 Å². The molecule has 5 atom stereocenters. The molecule has 0 aromatic heterocycles. The summed E-state index contributed by atoms with van der Waals surface area (Å²) in [5.41, 5.74) is 2.59. The zero-order chi connectivity index (χ0) is 26.6. The van der Waals surface area contributed by atoms with Gasteiger partial charge in [-0.1, -0.05) is 19.1 Å². The molecule has 0 radical (unpaired) electrons. The van der Waals surface area contributed by atoms with Gasteiger partial charge in [-0.25, -0.2) is 18.4 Å². The number of rotatable bonds is 5. The molecule has 2 fully saturated rings. The molecule has 3 aliphatic rings. The van der Waals surface area contributed by atoms with E-state index >= 15 is 0 Å². The van der Waals surface area contributed by atoms with Crippen LogP contribution in [0.4, 0.5) is 0 Å². The Hall–Kier alpha value is -2.97. The van der Waals surface area contributed by atoms with Crippen molar-refractivity contribution < 1.29 is 27.5 Å². The van der Waals surface area contributed by atoms with Crippen LogP contribution in [0.1, 0.15) is 73.4 Å². The van der Waals surface area contributed by atoms with Crippen LogP contribution >= 0.6 is 0 Å². The standard InChI is InChI=1S/C29H33NO6S/c1-4-29-16-13-20-17-21(36-27(32)19-5-8-22(9-6-19)37(30,33)34)7-10-23(20)24(29)14-15-28(3)25(29)11-12-26(28)35-18(2)31/h4-10,17,24-26H,1,11-16H2,2-3H3,(H2,30,33,34)/t24-,25-,26+,28+,29-/m1/s1. The van der Waals surface area contributed by atoms with Crippen LogP contribution in [0.15, 0.2) is 60.0 Å².